The standard InChI is InChI=1S/C23H32FN3O7S/c1-22(2,3)34-21(29)27(15-33-13-12-32-5)20-25-23(17-8-6-7-9-18(17)24)11-10-16(28)14-19(23)35(30,31)26(20)4/h6-9,19H,10-15H2,1-5H3. The number of aliphatic imine (C=N–C) groups is 1. The smallest absolute Gasteiger partial charge is 0.419 e. The lowest BCUT2D eigenvalue weighted by Crippen LogP contribution is -2.62. The molecule has 1 aliphatic heterocycles. The summed E-state index contributed by atoms with van der Waals surface area (Å²) in [6.45, 7) is 4.99. The van der Waals surface area contributed by atoms with Crippen LogP contribution in [0.1, 0.15) is 45.6 Å². The molecule has 10 nitrogen and oxygen atoms in total. The fourth-order valence-electron chi connectivity index (χ4n) is 4.22. The van der Waals surface area contributed by atoms with Gasteiger partial charge in [-0.15, -0.1) is 0 Å². The minimum absolute atomic E-state index is 0.0254. The Morgan fingerprint density at radius 1 is 1.29 bits per heavy atom. The van der Waals surface area contributed by atoms with Crippen molar-refractivity contribution >= 4 is 27.9 Å². The van der Waals surface area contributed by atoms with Crippen LogP contribution in [-0.4, -0.2) is 80.4 Å². The van der Waals surface area contributed by atoms with Gasteiger partial charge in [0.15, 0.2) is 0 Å². The first kappa shape index (κ1) is 27.0. The summed E-state index contributed by atoms with van der Waals surface area (Å²) in [4.78, 5) is 31.2. The summed E-state index contributed by atoms with van der Waals surface area (Å²) in [5.41, 5.74) is -2.44. The molecule has 3 rings (SSSR count). The van der Waals surface area contributed by atoms with Gasteiger partial charge in [0.25, 0.3) is 0 Å². The normalized spacial score (nSPS) is 23.9. The van der Waals surface area contributed by atoms with Crippen molar-refractivity contribution in [1.82, 2.24) is 9.21 Å². The topological polar surface area (TPSA) is 115 Å². The van der Waals surface area contributed by atoms with Gasteiger partial charge in [-0.2, -0.15) is 0 Å². The number of Topliss-reactive ketones (excluding diaryl/α,β-unsaturated/α-hetero) is 1. The molecular weight excluding hydrogens is 481 g/mol. The first-order chi connectivity index (χ1) is 16.3. The first-order valence-electron chi connectivity index (χ1n) is 11.2. The average Bonchev–Trinajstić information content (AvgIpc) is 2.77. The highest BCUT2D eigenvalue weighted by Crippen LogP contribution is 2.47. The Hall–Kier alpha value is -2.57. The van der Waals surface area contributed by atoms with Crippen molar-refractivity contribution in [3.05, 3.63) is 35.6 Å². The van der Waals surface area contributed by atoms with Crippen LogP contribution in [0.2, 0.25) is 0 Å². The summed E-state index contributed by atoms with van der Waals surface area (Å²) in [6, 6.07) is 5.76. The van der Waals surface area contributed by atoms with Crippen LogP contribution >= 0.6 is 0 Å². The molecule has 0 bridgehead atoms. The highest BCUT2D eigenvalue weighted by atomic mass is 32.2. The number of nitrogens with zero attached hydrogens (tertiary/aromatic N) is 3. The van der Waals surface area contributed by atoms with Crippen LogP contribution < -0.4 is 0 Å². The van der Waals surface area contributed by atoms with Crippen molar-refractivity contribution in [1.29, 1.82) is 0 Å². The number of carbonyl (C=O) groups is 2. The van der Waals surface area contributed by atoms with Gasteiger partial charge in [-0.25, -0.2) is 31.8 Å². The third kappa shape index (κ3) is 5.49. The van der Waals surface area contributed by atoms with Crippen LogP contribution in [0, 0.1) is 5.82 Å². The SMILES string of the molecule is COCCOCN(C(=O)OC(C)(C)C)C1=NC2(c3ccccc3F)CCC(=O)CC2S(=O)(=O)N1C. The van der Waals surface area contributed by atoms with Gasteiger partial charge in [-0.3, -0.25) is 4.79 Å². The largest absolute Gasteiger partial charge is 0.443 e. The van der Waals surface area contributed by atoms with E-state index in [-0.39, 0.29) is 56.5 Å². The number of hydrogen-bond donors (Lipinski definition) is 0. The number of guanidine groups is 1. The summed E-state index contributed by atoms with van der Waals surface area (Å²) in [6.07, 6.45) is -1.20. The fourth-order valence-corrected chi connectivity index (χ4v) is 6.16. The molecule has 0 saturated heterocycles. The summed E-state index contributed by atoms with van der Waals surface area (Å²) in [7, 11) is -1.51. The molecule has 12 heteroatoms. The van der Waals surface area contributed by atoms with E-state index >= 15 is 4.39 Å². The average molecular weight is 514 g/mol. The summed E-state index contributed by atoms with van der Waals surface area (Å²) < 4.78 is 59.3. The monoisotopic (exact) mass is 513 g/mol. The van der Waals surface area contributed by atoms with E-state index in [1.165, 1.54) is 32.4 Å². The van der Waals surface area contributed by atoms with Gasteiger partial charge in [-0.1, -0.05) is 18.2 Å². The second kappa shape index (κ2) is 10.2. The number of methoxy groups -OCH3 is 1. The van der Waals surface area contributed by atoms with Crippen LogP contribution in [0.15, 0.2) is 29.3 Å². The van der Waals surface area contributed by atoms with E-state index in [2.05, 4.69) is 0 Å². The predicted molar refractivity (Wildman–Crippen MR) is 126 cm³/mol. The van der Waals surface area contributed by atoms with E-state index in [9.17, 15) is 18.0 Å². The third-order valence-electron chi connectivity index (χ3n) is 5.90. The Kier molecular flexibility index (Phi) is 7.87. The molecule has 0 radical (unpaired) electrons. The van der Waals surface area contributed by atoms with Crippen molar-refractivity contribution in [3.63, 3.8) is 0 Å². The maximum atomic E-state index is 15.1. The van der Waals surface area contributed by atoms with Crippen LogP contribution in [0.5, 0.6) is 0 Å². The van der Waals surface area contributed by atoms with Crippen LogP contribution in [0.4, 0.5) is 9.18 Å². The number of fused-ring (bicyclic) bond motifs is 1. The molecule has 1 fully saturated rings. The van der Waals surface area contributed by atoms with Gasteiger partial charge in [0.2, 0.25) is 16.0 Å². The molecular formula is C23H32FN3O7S. The van der Waals surface area contributed by atoms with Crippen molar-refractivity contribution < 1.29 is 36.6 Å². The maximum Gasteiger partial charge on any atom is 0.419 e. The summed E-state index contributed by atoms with van der Waals surface area (Å²) >= 11 is 0. The number of hydrogen-bond acceptors (Lipinski definition) is 8. The van der Waals surface area contributed by atoms with Gasteiger partial charge in [0.1, 0.15) is 34.7 Å². The van der Waals surface area contributed by atoms with Crippen LogP contribution in [0.25, 0.3) is 0 Å². The molecule has 1 amide bonds. The van der Waals surface area contributed by atoms with Crippen molar-refractivity contribution in [3.8, 4) is 0 Å². The molecule has 0 spiro atoms. The van der Waals surface area contributed by atoms with E-state index in [4.69, 9.17) is 19.2 Å². The highest BCUT2D eigenvalue weighted by Gasteiger charge is 2.58. The van der Waals surface area contributed by atoms with Gasteiger partial charge >= 0.3 is 6.09 Å². The Bertz CT molecular complexity index is 1100. The Morgan fingerprint density at radius 2 is 1.97 bits per heavy atom. The van der Waals surface area contributed by atoms with Crippen LogP contribution in [-0.2, 0) is 34.6 Å². The lowest BCUT2D eigenvalue weighted by atomic mass is 9.75. The van der Waals surface area contributed by atoms with Gasteiger partial charge < -0.3 is 14.2 Å². The lowest BCUT2D eigenvalue weighted by Gasteiger charge is -2.47. The first-order valence-corrected chi connectivity index (χ1v) is 12.8. The minimum Gasteiger partial charge on any atom is -0.443 e. The van der Waals surface area contributed by atoms with E-state index in [0.29, 0.717) is 0 Å². The number of carbonyl (C=O) groups excluding carboxylic acids is 2. The number of benzene rings is 1. The molecule has 2 atom stereocenters. The quantitative estimate of drug-likeness (QED) is 0.424. The number of ether oxygens (including phenoxy) is 3. The minimum atomic E-state index is -4.24. The zero-order chi connectivity index (χ0) is 26.0. The molecule has 1 aliphatic carbocycles. The predicted octanol–water partition coefficient (Wildman–Crippen LogP) is 2.63. The number of rotatable bonds is 6. The number of amides is 1. The molecule has 0 N–H and O–H groups in total. The van der Waals surface area contributed by atoms with Crippen molar-refractivity contribution in [2.24, 2.45) is 4.99 Å². The maximum absolute atomic E-state index is 15.1. The summed E-state index contributed by atoms with van der Waals surface area (Å²) in [5.74, 6) is -1.16. The molecule has 2 unspecified atom stereocenters. The van der Waals surface area contributed by atoms with E-state index in [0.717, 1.165) is 9.21 Å². The highest BCUT2D eigenvalue weighted by molar-refractivity contribution is 7.90. The Balaban J connectivity index is 2.19. The van der Waals surface area contributed by atoms with Gasteiger partial charge in [0, 0.05) is 32.6 Å². The molecule has 1 aromatic rings. The zero-order valence-corrected chi connectivity index (χ0v) is 21.4. The molecule has 1 aromatic carbocycles. The fraction of sp³-hybridized carbons (Fsp3) is 0.609. The van der Waals surface area contributed by atoms with E-state index in [1.807, 2.05) is 0 Å². The molecule has 2 aliphatic rings. The lowest BCUT2D eigenvalue weighted by molar-refractivity contribution is -0.121. The third-order valence-corrected chi connectivity index (χ3v) is 8.10. The molecule has 35 heavy (non-hydrogen) atoms. The molecule has 0 aromatic heterocycles. The van der Waals surface area contributed by atoms with Crippen molar-refractivity contribution in [2.45, 2.75) is 56.4 Å². The molecule has 194 valence electrons. The van der Waals surface area contributed by atoms with Gasteiger partial charge in [-0.05, 0) is 33.3 Å². The molecule has 1 heterocycles. The van der Waals surface area contributed by atoms with E-state index in [1.54, 1.807) is 26.8 Å². The number of halogens is 1. The molecule has 1 saturated carbocycles. The van der Waals surface area contributed by atoms with Crippen molar-refractivity contribution in [2.75, 3.05) is 34.1 Å². The Labute approximate surface area is 205 Å². The second-order valence-corrected chi connectivity index (χ2v) is 11.6. The van der Waals surface area contributed by atoms with Gasteiger partial charge in [0.05, 0.1) is 13.2 Å². The number of ketones is 1. The zero-order valence-electron chi connectivity index (χ0n) is 20.6. The van der Waals surface area contributed by atoms with E-state index < -0.39 is 38.3 Å². The Morgan fingerprint density at radius 3 is 2.60 bits per heavy atom. The second-order valence-electron chi connectivity index (χ2n) is 9.50. The summed E-state index contributed by atoms with van der Waals surface area (Å²) in [5, 5.41) is -1.32. The van der Waals surface area contributed by atoms with Crippen LogP contribution in [0.3, 0.4) is 0 Å². The number of sulfonamides is 1.